The molecule has 10 heteroatoms. The van der Waals surface area contributed by atoms with E-state index in [0.29, 0.717) is 31.3 Å². The summed E-state index contributed by atoms with van der Waals surface area (Å²) in [5.41, 5.74) is 0.820. The van der Waals surface area contributed by atoms with Crippen molar-refractivity contribution in [3.8, 4) is 23.0 Å². The van der Waals surface area contributed by atoms with Crippen molar-refractivity contribution < 1.29 is 18.7 Å². The Labute approximate surface area is 156 Å². The van der Waals surface area contributed by atoms with Gasteiger partial charge in [0.2, 0.25) is 0 Å². The Morgan fingerprint density at radius 3 is 2.36 bits per heavy atom. The lowest BCUT2D eigenvalue weighted by atomic mass is 10.2. The molecule has 25 heavy (non-hydrogen) atoms. The van der Waals surface area contributed by atoms with Crippen molar-refractivity contribution in [3.05, 3.63) is 38.5 Å². The second-order valence-electron chi connectivity index (χ2n) is 4.71. The zero-order valence-corrected chi connectivity index (χ0v) is 15.3. The second kappa shape index (κ2) is 7.30. The number of hydrogen-bond acceptors (Lipinski definition) is 7. The van der Waals surface area contributed by atoms with Crippen LogP contribution in [0.4, 0.5) is 6.01 Å². The number of ether oxygens (including phenoxy) is 2. The minimum absolute atomic E-state index is 0.0693. The maximum absolute atomic E-state index is 12.4. The van der Waals surface area contributed by atoms with Gasteiger partial charge in [0.1, 0.15) is 15.8 Å². The highest BCUT2D eigenvalue weighted by Gasteiger charge is 2.17. The van der Waals surface area contributed by atoms with Crippen LogP contribution < -0.4 is 14.8 Å². The number of hydrogen-bond donors (Lipinski definition) is 1. The van der Waals surface area contributed by atoms with E-state index in [-0.39, 0.29) is 11.9 Å². The molecule has 1 N–H and O–H groups in total. The van der Waals surface area contributed by atoms with E-state index in [1.54, 1.807) is 24.3 Å². The maximum Gasteiger partial charge on any atom is 0.322 e. The quantitative estimate of drug-likeness (QED) is 0.684. The van der Waals surface area contributed by atoms with Crippen molar-refractivity contribution in [1.82, 2.24) is 10.2 Å². The van der Waals surface area contributed by atoms with Gasteiger partial charge in [0.25, 0.3) is 11.8 Å². The summed E-state index contributed by atoms with van der Waals surface area (Å²) in [7, 11) is 2.99. The zero-order valence-electron chi connectivity index (χ0n) is 13.0. The third-order valence-electron chi connectivity index (χ3n) is 3.15. The molecule has 1 aromatic carbocycles. The number of amides is 1. The third-order valence-corrected chi connectivity index (χ3v) is 4.63. The first-order valence-electron chi connectivity index (χ1n) is 6.83. The van der Waals surface area contributed by atoms with Crippen LogP contribution in [0.25, 0.3) is 11.5 Å². The molecule has 1 amide bonds. The highest BCUT2D eigenvalue weighted by Crippen LogP contribution is 2.37. The van der Waals surface area contributed by atoms with Crippen LogP contribution >= 0.6 is 34.5 Å². The minimum Gasteiger partial charge on any atom is -0.497 e. The van der Waals surface area contributed by atoms with E-state index in [9.17, 15) is 4.79 Å². The van der Waals surface area contributed by atoms with Crippen LogP contribution in [-0.4, -0.2) is 30.3 Å². The number of halogens is 2. The molecule has 0 atom stereocenters. The molecule has 130 valence electrons. The molecular weight excluding hydrogens is 389 g/mol. The summed E-state index contributed by atoms with van der Waals surface area (Å²) < 4.78 is 16.6. The molecule has 3 aromatic rings. The summed E-state index contributed by atoms with van der Waals surface area (Å²) in [6.45, 7) is 0. The molecule has 2 heterocycles. The van der Waals surface area contributed by atoms with Crippen LogP contribution in [0.15, 0.2) is 28.7 Å². The predicted octanol–water partition coefficient (Wildman–Crippen LogP) is 4.37. The molecule has 0 aliphatic heterocycles. The number of nitrogens with one attached hydrogen (secondary N) is 1. The summed E-state index contributed by atoms with van der Waals surface area (Å²) in [5.74, 6) is 0.666. The van der Waals surface area contributed by atoms with E-state index >= 15 is 0 Å². The Hall–Kier alpha value is -2.29. The largest absolute Gasteiger partial charge is 0.497 e. The Balaban J connectivity index is 1.81. The van der Waals surface area contributed by atoms with Crippen LogP contribution in [0.2, 0.25) is 8.67 Å². The van der Waals surface area contributed by atoms with Gasteiger partial charge in [-0.15, -0.1) is 16.4 Å². The SMILES string of the molecule is COc1cc(OC)cc(C(=O)Nc2nnc(-c3cc(Cl)sc3Cl)o2)c1. The van der Waals surface area contributed by atoms with Crippen molar-refractivity contribution in [2.45, 2.75) is 0 Å². The lowest BCUT2D eigenvalue weighted by molar-refractivity contribution is 0.102. The van der Waals surface area contributed by atoms with Gasteiger partial charge in [0.15, 0.2) is 0 Å². The van der Waals surface area contributed by atoms with E-state index in [2.05, 4.69) is 15.5 Å². The lowest BCUT2D eigenvalue weighted by Gasteiger charge is -2.07. The summed E-state index contributed by atoms with van der Waals surface area (Å²) in [6, 6.07) is 6.32. The van der Waals surface area contributed by atoms with Gasteiger partial charge >= 0.3 is 6.01 Å². The highest BCUT2D eigenvalue weighted by molar-refractivity contribution is 7.20. The molecule has 0 saturated carbocycles. The van der Waals surface area contributed by atoms with Gasteiger partial charge < -0.3 is 13.9 Å². The van der Waals surface area contributed by atoms with E-state index in [1.807, 2.05) is 0 Å². The van der Waals surface area contributed by atoms with Crippen LogP contribution in [-0.2, 0) is 0 Å². The number of thiophene rings is 1. The smallest absolute Gasteiger partial charge is 0.322 e. The summed E-state index contributed by atoms with van der Waals surface area (Å²) >= 11 is 13.1. The molecule has 3 rings (SSSR count). The van der Waals surface area contributed by atoms with Gasteiger partial charge in [-0.3, -0.25) is 10.1 Å². The van der Waals surface area contributed by atoms with Gasteiger partial charge in [0.05, 0.1) is 24.1 Å². The van der Waals surface area contributed by atoms with Crippen molar-refractivity contribution in [2.75, 3.05) is 19.5 Å². The molecule has 0 saturated heterocycles. The molecule has 0 aliphatic carbocycles. The van der Waals surface area contributed by atoms with E-state index < -0.39 is 5.91 Å². The number of nitrogens with zero attached hydrogens (tertiary/aromatic N) is 2. The zero-order chi connectivity index (χ0) is 18.0. The van der Waals surface area contributed by atoms with Crippen molar-refractivity contribution in [1.29, 1.82) is 0 Å². The first kappa shape index (κ1) is 17.5. The molecular formula is C15H11Cl2N3O4S. The maximum atomic E-state index is 12.4. The van der Waals surface area contributed by atoms with Crippen molar-refractivity contribution in [3.63, 3.8) is 0 Å². The number of rotatable bonds is 5. The molecule has 0 bridgehead atoms. The van der Waals surface area contributed by atoms with E-state index in [0.717, 1.165) is 0 Å². The highest BCUT2D eigenvalue weighted by atomic mass is 35.5. The fourth-order valence-corrected chi connectivity index (χ4v) is 3.42. The number of carbonyl (C=O) groups excluding carboxylic acids is 1. The van der Waals surface area contributed by atoms with E-state index in [1.165, 1.54) is 25.6 Å². The summed E-state index contributed by atoms with van der Waals surface area (Å²) in [6.07, 6.45) is 0. The molecule has 0 spiro atoms. The predicted molar refractivity (Wildman–Crippen MR) is 95.1 cm³/mol. The minimum atomic E-state index is -0.457. The summed E-state index contributed by atoms with van der Waals surface area (Å²) in [4.78, 5) is 12.4. The van der Waals surface area contributed by atoms with Crippen molar-refractivity contribution >= 4 is 46.5 Å². The Kier molecular flexibility index (Phi) is 5.12. The first-order chi connectivity index (χ1) is 12.0. The normalized spacial score (nSPS) is 10.6. The topological polar surface area (TPSA) is 86.5 Å². The van der Waals surface area contributed by atoms with Gasteiger partial charge in [-0.25, -0.2) is 0 Å². The first-order valence-corrected chi connectivity index (χ1v) is 8.40. The number of aromatic nitrogens is 2. The van der Waals surface area contributed by atoms with Crippen LogP contribution in [0.3, 0.4) is 0 Å². The van der Waals surface area contributed by atoms with Gasteiger partial charge in [0, 0.05) is 11.6 Å². The molecule has 0 aliphatic rings. The van der Waals surface area contributed by atoms with E-state index in [4.69, 9.17) is 37.1 Å². The van der Waals surface area contributed by atoms with Crippen LogP contribution in [0.5, 0.6) is 11.5 Å². The third kappa shape index (κ3) is 3.87. The molecule has 2 aromatic heterocycles. The standard InChI is InChI=1S/C15H11Cl2N3O4S/c1-22-8-3-7(4-9(5-8)23-2)13(21)18-15-20-19-14(24-15)10-6-11(16)25-12(10)17/h3-6H,1-2H3,(H,18,20,21). The number of benzene rings is 1. The lowest BCUT2D eigenvalue weighted by Crippen LogP contribution is -2.12. The van der Waals surface area contributed by atoms with Crippen LogP contribution in [0, 0.1) is 0 Å². The van der Waals surface area contributed by atoms with Gasteiger partial charge in [-0.1, -0.05) is 28.3 Å². The van der Waals surface area contributed by atoms with Gasteiger partial charge in [-0.05, 0) is 18.2 Å². The molecule has 0 fully saturated rings. The second-order valence-corrected chi connectivity index (χ2v) is 6.99. The average Bonchev–Trinajstić information content (AvgIpc) is 3.19. The monoisotopic (exact) mass is 399 g/mol. The Morgan fingerprint density at radius 2 is 1.80 bits per heavy atom. The number of anilines is 1. The molecule has 0 unspecified atom stereocenters. The van der Waals surface area contributed by atoms with Gasteiger partial charge in [-0.2, -0.15) is 0 Å². The average molecular weight is 400 g/mol. The fourth-order valence-electron chi connectivity index (χ4n) is 1.98. The number of methoxy groups -OCH3 is 2. The molecule has 7 nitrogen and oxygen atoms in total. The fraction of sp³-hybridized carbons (Fsp3) is 0.133. The Morgan fingerprint density at radius 1 is 1.12 bits per heavy atom. The van der Waals surface area contributed by atoms with Crippen molar-refractivity contribution in [2.24, 2.45) is 0 Å². The number of carbonyl (C=O) groups is 1. The molecule has 0 radical (unpaired) electrons. The Bertz CT molecular complexity index is 903. The summed E-state index contributed by atoms with van der Waals surface area (Å²) in [5, 5.41) is 10.2. The van der Waals surface area contributed by atoms with Crippen LogP contribution in [0.1, 0.15) is 10.4 Å².